The van der Waals surface area contributed by atoms with Gasteiger partial charge >= 0.3 is 0 Å². The van der Waals surface area contributed by atoms with Crippen LogP contribution < -0.4 is 0 Å². The van der Waals surface area contributed by atoms with E-state index in [-0.39, 0.29) is 0 Å². The summed E-state index contributed by atoms with van der Waals surface area (Å²) in [6.45, 7) is 6.68. The van der Waals surface area contributed by atoms with Gasteiger partial charge < -0.3 is 0 Å². The first-order valence-electron chi connectivity index (χ1n) is 11.3. The van der Waals surface area contributed by atoms with E-state index in [0.29, 0.717) is 0 Å². The fourth-order valence-electron chi connectivity index (χ4n) is 4.44. The summed E-state index contributed by atoms with van der Waals surface area (Å²) in [6.07, 6.45) is 0. The lowest BCUT2D eigenvalue weighted by atomic mass is 9.89. The molecule has 0 nitrogen and oxygen atoms in total. The molecule has 5 aromatic carbocycles. The number of hydrogen-bond donors (Lipinski definition) is 0. The van der Waals surface area contributed by atoms with Crippen LogP contribution in [0.25, 0.3) is 39.0 Å². The van der Waals surface area contributed by atoms with E-state index in [0.717, 1.165) is 11.1 Å². The molecule has 5 aromatic rings. The van der Waals surface area contributed by atoms with Crippen molar-refractivity contribution >= 4 is 5.57 Å². The van der Waals surface area contributed by atoms with Gasteiger partial charge in [-0.25, -0.2) is 0 Å². The molecule has 0 heteroatoms. The van der Waals surface area contributed by atoms with Gasteiger partial charge in [0.05, 0.1) is 0 Å². The van der Waals surface area contributed by atoms with Gasteiger partial charge in [-0.3, -0.25) is 0 Å². The van der Waals surface area contributed by atoms with Crippen LogP contribution in [0.1, 0.15) is 16.7 Å². The van der Waals surface area contributed by atoms with E-state index in [9.17, 15) is 0 Å². The van der Waals surface area contributed by atoms with Crippen molar-refractivity contribution in [2.24, 2.45) is 0 Å². The minimum Gasteiger partial charge on any atom is -0.0905 e. The van der Waals surface area contributed by atoms with E-state index in [1.165, 1.54) is 44.5 Å². The largest absolute Gasteiger partial charge is 0.0905 e. The van der Waals surface area contributed by atoms with E-state index in [1.807, 2.05) is 0 Å². The minimum atomic E-state index is 1.05. The summed E-state index contributed by atoms with van der Waals surface area (Å²) in [5.74, 6) is 0. The Morgan fingerprint density at radius 2 is 1.00 bits per heavy atom. The first kappa shape index (κ1) is 20.7. The maximum absolute atomic E-state index is 4.49. The molecule has 0 fully saturated rings. The highest BCUT2D eigenvalue weighted by atomic mass is 14.2. The molecule has 0 N–H and O–H groups in total. The van der Waals surface area contributed by atoms with Crippen LogP contribution in [-0.4, -0.2) is 0 Å². The standard InChI is InChI=1S/C33H26/c1-24(32-20-11-21-33(25(32)2)27-14-7-4-8-15-27)28-16-9-18-30(22-28)31-19-10-17-29(23-31)26-12-5-3-6-13-26/h3-23H,1H2,2H3. The maximum atomic E-state index is 4.49. The molecule has 0 unspecified atom stereocenters. The molecular formula is C33H26. The number of benzene rings is 5. The van der Waals surface area contributed by atoms with Gasteiger partial charge in [-0.1, -0.05) is 122 Å². The molecule has 0 saturated heterocycles. The lowest BCUT2D eigenvalue weighted by Crippen LogP contribution is -1.94. The Hall–Kier alpha value is -4.16. The minimum absolute atomic E-state index is 1.05. The number of hydrogen-bond acceptors (Lipinski definition) is 0. The van der Waals surface area contributed by atoms with Crippen molar-refractivity contribution in [3.8, 4) is 33.4 Å². The Morgan fingerprint density at radius 3 is 1.70 bits per heavy atom. The fraction of sp³-hybridized carbons (Fsp3) is 0.0303. The SMILES string of the molecule is C=C(c1cccc(-c2cccc(-c3ccccc3)c2)c1)c1cccc(-c2ccccc2)c1C. The van der Waals surface area contributed by atoms with Crippen LogP contribution in [0.2, 0.25) is 0 Å². The van der Waals surface area contributed by atoms with E-state index < -0.39 is 0 Å². The fourth-order valence-corrected chi connectivity index (χ4v) is 4.44. The second-order valence-electron chi connectivity index (χ2n) is 8.35. The summed E-state index contributed by atoms with van der Waals surface area (Å²) in [6, 6.07) is 45.0. The average molecular weight is 423 g/mol. The summed E-state index contributed by atoms with van der Waals surface area (Å²) < 4.78 is 0. The van der Waals surface area contributed by atoms with Gasteiger partial charge in [-0.05, 0) is 74.7 Å². The molecule has 0 aliphatic rings. The summed E-state index contributed by atoms with van der Waals surface area (Å²) in [7, 11) is 0. The Labute approximate surface area is 196 Å². The molecule has 0 aliphatic heterocycles. The first-order chi connectivity index (χ1) is 16.2. The van der Waals surface area contributed by atoms with Crippen LogP contribution >= 0.6 is 0 Å². The van der Waals surface area contributed by atoms with Crippen molar-refractivity contribution in [2.75, 3.05) is 0 Å². The monoisotopic (exact) mass is 422 g/mol. The van der Waals surface area contributed by atoms with Gasteiger partial charge in [0.2, 0.25) is 0 Å². The lowest BCUT2D eigenvalue weighted by molar-refractivity contribution is 1.41. The van der Waals surface area contributed by atoms with Crippen molar-refractivity contribution in [1.82, 2.24) is 0 Å². The average Bonchev–Trinajstić information content (AvgIpc) is 2.90. The lowest BCUT2D eigenvalue weighted by Gasteiger charge is -2.15. The third-order valence-corrected chi connectivity index (χ3v) is 6.26. The third-order valence-electron chi connectivity index (χ3n) is 6.26. The van der Waals surface area contributed by atoms with Crippen molar-refractivity contribution in [1.29, 1.82) is 0 Å². The zero-order valence-electron chi connectivity index (χ0n) is 18.8. The molecule has 0 saturated carbocycles. The Kier molecular flexibility index (Phi) is 5.74. The van der Waals surface area contributed by atoms with Gasteiger partial charge in [0.1, 0.15) is 0 Å². The highest BCUT2D eigenvalue weighted by molar-refractivity contribution is 5.85. The molecule has 33 heavy (non-hydrogen) atoms. The van der Waals surface area contributed by atoms with Gasteiger partial charge in [-0.15, -0.1) is 0 Å². The van der Waals surface area contributed by atoms with Gasteiger partial charge in [0.15, 0.2) is 0 Å². The smallest absolute Gasteiger partial charge is 0.0148 e. The molecular weight excluding hydrogens is 396 g/mol. The highest BCUT2D eigenvalue weighted by Crippen LogP contribution is 2.33. The van der Waals surface area contributed by atoms with Crippen LogP contribution in [0.15, 0.2) is 134 Å². The molecule has 0 bridgehead atoms. The summed E-state index contributed by atoms with van der Waals surface area (Å²) >= 11 is 0. The Bertz CT molecular complexity index is 1410. The predicted octanol–water partition coefficient (Wildman–Crippen LogP) is 9.06. The summed E-state index contributed by atoms with van der Waals surface area (Å²) in [5.41, 5.74) is 12.0. The van der Waals surface area contributed by atoms with Crippen LogP contribution in [0, 0.1) is 6.92 Å². The van der Waals surface area contributed by atoms with Crippen molar-refractivity contribution in [3.63, 3.8) is 0 Å². The Morgan fingerprint density at radius 1 is 0.485 bits per heavy atom. The van der Waals surface area contributed by atoms with Gasteiger partial charge in [-0.2, -0.15) is 0 Å². The number of rotatable bonds is 5. The zero-order chi connectivity index (χ0) is 22.6. The second kappa shape index (κ2) is 9.14. The van der Waals surface area contributed by atoms with Crippen molar-refractivity contribution in [3.05, 3.63) is 151 Å². The van der Waals surface area contributed by atoms with Crippen LogP contribution in [-0.2, 0) is 0 Å². The molecule has 0 radical (unpaired) electrons. The summed E-state index contributed by atoms with van der Waals surface area (Å²) in [5, 5.41) is 0. The molecule has 0 aromatic heterocycles. The maximum Gasteiger partial charge on any atom is -0.0148 e. The van der Waals surface area contributed by atoms with E-state index >= 15 is 0 Å². The quantitative estimate of drug-likeness (QED) is 0.265. The van der Waals surface area contributed by atoms with E-state index in [4.69, 9.17) is 0 Å². The van der Waals surface area contributed by atoms with E-state index in [2.05, 4.69) is 141 Å². The second-order valence-corrected chi connectivity index (χ2v) is 8.35. The molecule has 0 atom stereocenters. The summed E-state index contributed by atoms with van der Waals surface area (Å²) in [4.78, 5) is 0. The van der Waals surface area contributed by atoms with Gasteiger partial charge in [0.25, 0.3) is 0 Å². The highest BCUT2D eigenvalue weighted by Gasteiger charge is 2.11. The molecule has 158 valence electrons. The third kappa shape index (κ3) is 4.29. The molecule has 0 spiro atoms. The van der Waals surface area contributed by atoms with Crippen molar-refractivity contribution < 1.29 is 0 Å². The van der Waals surface area contributed by atoms with Crippen LogP contribution in [0.3, 0.4) is 0 Å². The topological polar surface area (TPSA) is 0 Å². The first-order valence-corrected chi connectivity index (χ1v) is 11.3. The zero-order valence-corrected chi connectivity index (χ0v) is 18.8. The van der Waals surface area contributed by atoms with Crippen LogP contribution in [0.4, 0.5) is 0 Å². The van der Waals surface area contributed by atoms with E-state index in [1.54, 1.807) is 0 Å². The van der Waals surface area contributed by atoms with Crippen molar-refractivity contribution in [2.45, 2.75) is 6.92 Å². The predicted molar refractivity (Wildman–Crippen MR) is 142 cm³/mol. The molecule has 0 heterocycles. The molecule has 5 rings (SSSR count). The van der Waals surface area contributed by atoms with Gasteiger partial charge in [0, 0.05) is 0 Å². The molecule has 0 amide bonds. The van der Waals surface area contributed by atoms with Crippen LogP contribution in [0.5, 0.6) is 0 Å². The molecule has 0 aliphatic carbocycles. The Balaban J connectivity index is 1.50. The normalized spacial score (nSPS) is 10.7.